The Balaban J connectivity index is 1.77. The molecule has 0 radical (unpaired) electrons. The van der Waals surface area contributed by atoms with E-state index < -0.39 is 0 Å². The number of anilines is 1. The van der Waals surface area contributed by atoms with E-state index >= 15 is 0 Å². The molecule has 2 aromatic heterocycles. The summed E-state index contributed by atoms with van der Waals surface area (Å²) in [5, 5.41) is 13.7. The van der Waals surface area contributed by atoms with Gasteiger partial charge in [-0.25, -0.2) is 4.98 Å². The highest BCUT2D eigenvalue weighted by atomic mass is 79.9. The summed E-state index contributed by atoms with van der Waals surface area (Å²) in [6.07, 6.45) is 4.36. The van der Waals surface area contributed by atoms with E-state index in [-0.39, 0.29) is 11.9 Å². The van der Waals surface area contributed by atoms with Crippen molar-refractivity contribution in [2.75, 3.05) is 25.6 Å². The fourth-order valence-corrected chi connectivity index (χ4v) is 3.58. The predicted molar refractivity (Wildman–Crippen MR) is 104 cm³/mol. The van der Waals surface area contributed by atoms with Gasteiger partial charge in [-0.05, 0) is 59.1 Å². The van der Waals surface area contributed by atoms with E-state index in [1.54, 1.807) is 12.1 Å². The van der Waals surface area contributed by atoms with Crippen LogP contribution in [0.25, 0.3) is 16.9 Å². The van der Waals surface area contributed by atoms with Crippen LogP contribution in [-0.2, 0) is 4.74 Å². The van der Waals surface area contributed by atoms with Crippen LogP contribution in [0.5, 0.6) is 11.5 Å². The maximum Gasteiger partial charge on any atom is 0.160 e. The van der Waals surface area contributed by atoms with Crippen molar-refractivity contribution >= 4 is 27.4 Å². The van der Waals surface area contributed by atoms with Crippen LogP contribution in [0.2, 0.25) is 0 Å². The van der Waals surface area contributed by atoms with Crippen molar-refractivity contribution in [2.45, 2.75) is 18.9 Å². The van der Waals surface area contributed by atoms with Gasteiger partial charge in [0, 0.05) is 29.4 Å². The number of phenols is 1. The minimum atomic E-state index is 0.0910. The van der Waals surface area contributed by atoms with Gasteiger partial charge in [-0.3, -0.25) is 4.40 Å². The van der Waals surface area contributed by atoms with Crippen molar-refractivity contribution in [3.05, 3.63) is 41.0 Å². The number of hydrogen-bond acceptors (Lipinski definition) is 5. The number of nitrogens with zero attached hydrogens (tertiary/aromatic N) is 2. The van der Waals surface area contributed by atoms with Crippen LogP contribution >= 0.6 is 15.9 Å². The van der Waals surface area contributed by atoms with Crippen LogP contribution in [-0.4, -0.2) is 40.9 Å². The van der Waals surface area contributed by atoms with Crippen LogP contribution in [0.1, 0.15) is 12.8 Å². The Morgan fingerprint density at radius 2 is 2.27 bits per heavy atom. The maximum absolute atomic E-state index is 10.2. The number of aromatic hydroxyl groups is 1. The quantitative estimate of drug-likeness (QED) is 0.654. The Labute approximate surface area is 159 Å². The first-order chi connectivity index (χ1) is 12.7. The molecule has 7 heteroatoms. The smallest absolute Gasteiger partial charge is 0.160 e. The van der Waals surface area contributed by atoms with Gasteiger partial charge in [0.15, 0.2) is 11.5 Å². The number of ether oxygens (including phenoxy) is 2. The normalized spacial score (nSPS) is 16.9. The number of fused-ring (bicyclic) bond motifs is 1. The molecule has 1 aliphatic heterocycles. The maximum atomic E-state index is 10.2. The number of pyridine rings is 1. The second kappa shape index (κ2) is 7.17. The molecule has 1 atom stereocenters. The largest absolute Gasteiger partial charge is 0.504 e. The fourth-order valence-electron chi connectivity index (χ4n) is 3.24. The molecule has 6 nitrogen and oxygen atoms in total. The number of nitrogens with one attached hydrogen (secondary N) is 1. The molecule has 3 aromatic rings. The summed E-state index contributed by atoms with van der Waals surface area (Å²) in [5.74, 6) is 1.41. The van der Waals surface area contributed by atoms with E-state index in [0.717, 1.165) is 53.2 Å². The van der Waals surface area contributed by atoms with Crippen molar-refractivity contribution in [3.63, 3.8) is 0 Å². The number of imidazole rings is 1. The van der Waals surface area contributed by atoms with Crippen molar-refractivity contribution in [3.8, 4) is 22.8 Å². The Morgan fingerprint density at radius 1 is 1.38 bits per heavy atom. The third-order valence-corrected chi connectivity index (χ3v) is 5.02. The van der Waals surface area contributed by atoms with E-state index in [9.17, 15) is 5.11 Å². The molecule has 136 valence electrons. The van der Waals surface area contributed by atoms with Crippen molar-refractivity contribution in [1.29, 1.82) is 0 Å². The second-order valence-electron chi connectivity index (χ2n) is 6.29. The molecule has 1 aliphatic rings. The van der Waals surface area contributed by atoms with Gasteiger partial charge in [0.05, 0.1) is 13.2 Å². The topological polar surface area (TPSA) is 68.0 Å². The molecule has 1 fully saturated rings. The lowest BCUT2D eigenvalue weighted by molar-refractivity contribution is 0.120. The molecule has 0 saturated carbocycles. The first-order valence-corrected chi connectivity index (χ1v) is 9.35. The number of rotatable bonds is 5. The van der Waals surface area contributed by atoms with E-state index in [2.05, 4.69) is 21.2 Å². The molecular formula is C19H20BrN3O3. The number of halogens is 1. The molecular weight excluding hydrogens is 398 g/mol. The first kappa shape index (κ1) is 17.2. The summed E-state index contributed by atoms with van der Waals surface area (Å²) in [7, 11) is 1.53. The Kier molecular flexibility index (Phi) is 4.74. The summed E-state index contributed by atoms with van der Waals surface area (Å²) in [4.78, 5) is 4.75. The molecule has 0 bridgehead atoms. The average Bonchev–Trinajstić information content (AvgIpc) is 3.27. The monoisotopic (exact) mass is 417 g/mol. The van der Waals surface area contributed by atoms with Gasteiger partial charge in [-0.1, -0.05) is 0 Å². The molecule has 0 aliphatic carbocycles. The first-order valence-electron chi connectivity index (χ1n) is 8.56. The third-order valence-electron chi connectivity index (χ3n) is 4.56. The van der Waals surface area contributed by atoms with Gasteiger partial charge in [-0.15, -0.1) is 0 Å². The van der Waals surface area contributed by atoms with Gasteiger partial charge >= 0.3 is 0 Å². The van der Waals surface area contributed by atoms with Crippen LogP contribution in [0.15, 0.2) is 41.0 Å². The Morgan fingerprint density at radius 3 is 3.00 bits per heavy atom. The van der Waals surface area contributed by atoms with Gasteiger partial charge in [0.25, 0.3) is 0 Å². The van der Waals surface area contributed by atoms with Crippen LogP contribution in [0.3, 0.4) is 0 Å². The van der Waals surface area contributed by atoms with Crippen molar-refractivity contribution in [2.24, 2.45) is 0 Å². The standard InChI is InChI=1S/C19H20BrN3O3/c1-25-16-6-4-12(9-15(16)24)18-19(21-10-14-3-2-8-26-14)23-11-13(20)5-7-17(23)22-18/h4-7,9,11,14,21,24H,2-3,8,10H2,1H3/t14-/m0/s1. The van der Waals surface area contributed by atoms with Gasteiger partial charge in [0.2, 0.25) is 0 Å². The highest BCUT2D eigenvalue weighted by Crippen LogP contribution is 2.35. The number of hydrogen-bond donors (Lipinski definition) is 2. The zero-order valence-corrected chi connectivity index (χ0v) is 16.0. The van der Waals surface area contributed by atoms with E-state index in [1.807, 2.05) is 28.8 Å². The molecule has 0 unspecified atom stereocenters. The summed E-state index contributed by atoms with van der Waals surface area (Å²) in [5.41, 5.74) is 2.42. The number of aromatic nitrogens is 2. The average molecular weight is 418 g/mol. The van der Waals surface area contributed by atoms with Gasteiger partial charge < -0.3 is 19.9 Å². The summed E-state index contributed by atoms with van der Waals surface area (Å²) >= 11 is 3.52. The molecule has 2 N–H and O–H groups in total. The Bertz CT molecular complexity index is 935. The zero-order chi connectivity index (χ0) is 18.1. The Hall–Kier alpha value is -2.25. The fraction of sp³-hybridized carbons (Fsp3) is 0.316. The second-order valence-corrected chi connectivity index (χ2v) is 7.20. The summed E-state index contributed by atoms with van der Waals surface area (Å²) in [6, 6.07) is 9.23. The van der Waals surface area contributed by atoms with Crippen LogP contribution < -0.4 is 10.1 Å². The number of benzene rings is 1. The van der Waals surface area contributed by atoms with Crippen LogP contribution in [0, 0.1) is 0 Å². The van der Waals surface area contributed by atoms with Gasteiger partial charge in [0.1, 0.15) is 17.2 Å². The molecule has 1 saturated heterocycles. The SMILES string of the molecule is COc1ccc(-c2nc3ccc(Br)cn3c2NC[C@@H]2CCCO2)cc1O. The van der Waals surface area contributed by atoms with Crippen molar-refractivity contribution in [1.82, 2.24) is 9.38 Å². The summed E-state index contributed by atoms with van der Waals surface area (Å²) in [6.45, 7) is 1.54. The zero-order valence-electron chi connectivity index (χ0n) is 14.4. The molecule has 1 aromatic carbocycles. The lowest BCUT2D eigenvalue weighted by Crippen LogP contribution is -2.19. The minimum Gasteiger partial charge on any atom is -0.504 e. The molecule has 3 heterocycles. The molecule has 0 spiro atoms. The number of methoxy groups -OCH3 is 1. The van der Waals surface area contributed by atoms with E-state index in [4.69, 9.17) is 14.5 Å². The number of phenolic OH excluding ortho intramolecular Hbond substituents is 1. The van der Waals surface area contributed by atoms with Crippen molar-refractivity contribution < 1.29 is 14.6 Å². The lowest BCUT2D eigenvalue weighted by atomic mass is 10.1. The molecule has 0 amide bonds. The van der Waals surface area contributed by atoms with Gasteiger partial charge in [-0.2, -0.15) is 0 Å². The molecule has 4 rings (SSSR count). The minimum absolute atomic E-state index is 0.0910. The predicted octanol–water partition coefficient (Wildman–Crippen LogP) is 4.07. The van der Waals surface area contributed by atoms with Crippen LogP contribution in [0.4, 0.5) is 5.82 Å². The van der Waals surface area contributed by atoms with E-state index in [0.29, 0.717) is 5.75 Å². The molecule has 26 heavy (non-hydrogen) atoms. The third kappa shape index (κ3) is 3.24. The highest BCUT2D eigenvalue weighted by Gasteiger charge is 2.19. The summed E-state index contributed by atoms with van der Waals surface area (Å²) < 4.78 is 13.8. The van der Waals surface area contributed by atoms with E-state index in [1.165, 1.54) is 7.11 Å². The lowest BCUT2D eigenvalue weighted by Gasteiger charge is -2.13. The highest BCUT2D eigenvalue weighted by molar-refractivity contribution is 9.10.